The summed E-state index contributed by atoms with van der Waals surface area (Å²) in [6.45, 7) is 0.374. The molecule has 5 nitrogen and oxygen atoms in total. The molecule has 4 aromatic rings. The van der Waals surface area contributed by atoms with Gasteiger partial charge < -0.3 is 14.6 Å². The molecule has 0 fully saturated rings. The molecule has 0 aliphatic carbocycles. The lowest BCUT2D eigenvalue weighted by atomic mass is 10.0. The third-order valence-electron chi connectivity index (χ3n) is 5.75. The third kappa shape index (κ3) is 6.67. The van der Waals surface area contributed by atoms with E-state index >= 15 is 0 Å². The Morgan fingerprint density at radius 3 is 2.17 bits per heavy atom. The zero-order valence-electron chi connectivity index (χ0n) is 19.3. The minimum atomic E-state index is -0.862. The van der Waals surface area contributed by atoms with Crippen molar-refractivity contribution in [2.45, 2.75) is 32.0 Å². The second kappa shape index (κ2) is 11.8. The van der Waals surface area contributed by atoms with Crippen LogP contribution in [0.1, 0.15) is 34.9 Å². The fourth-order valence-corrected chi connectivity index (χ4v) is 3.94. The van der Waals surface area contributed by atoms with Crippen molar-refractivity contribution in [3.05, 3.63) is 132 Å². The van der Waals surface area contributed by atoms with Gasteiger partial charge in [0.2, 0.25) is 11.8 Å². The highest BCUT2D eigenvalue weighted by atomic mass is 19.1. The molecule has 0 bridgehead atoms. The summed E-state index contributed by atoms with van der Waals surface area (Å²) in [5, 5.41) is 2.90. The summed E-state index contributed by atoms with van der Waals surface area (Å²) in [5.74, 6) is -0.222. The molecular weight excluding hydrogens is 443 g/mol. The van der Waals surface area contributed by atoms with Crippen LogP contribution < -0.4 is 5.32 Å². The molecule has 35 heavy (non-hydrogen) atoms. The minimum absolute atomic E-state index is 0.167. The molecule has 1 N–H and O–H groups in total. The molecule has 1 atom stereocenters. The number of furan rings is 1. The zero-order chi connectivity index (χ0) is 24.5. The maximum Gasteiger partial charge on any atom is 0.247 e. The van der Waals surface area contributed by atoms with Crippen molar-refractivity contribution in [1.82, 2.24) is 10.2 Å². The van der Waals surface area contributed by atoms with Crippen LogP contribution in [-0.2, 0) is 29.1 Å². The van der Waals surface area contributed by atoms with Crippen LogP contribution >= 0.6 is 0 Å². The molecule has 0 aliphatic rings. The predicted octanol–water partition coefficient (Wildman–Crippen LogP) is 5.44. The summed E-state index contributed by atoms with van der Waals surface area (Å²) in [4.78, 5) is 28.7. The highest BCUT2D eigenvalue weighted by Gasteiger charge is 2.31. The van der Waals surface area contributed by atoms with Crippen molar-refractivity contribution >= 4 is 11.8 Å². The van der Waals surface area contributed by atoms with E-state index in [-0.39, 0.29) is 37.1 Å². The van der Waals surface area contributed by atoms with Crippen LogP contribution in [0.5, 0.6) is 0 Å². The number of aryl methyl sites for hydroxylation is 1. The second-order valence-corrected chi connectivity index (χ2v) is 8.24. The van der Waals surface area contributed by atoms with Crippen molar-refractivity contribution in [2.75, 3.05) is 0 Å². The van der Waals surface area contributed by atoms with Crippen molar-refractivity contribution in [1.29, 1.82) is 0 Å². The van der Waals surface area contributed by atoms with E-state index in [4.69, 9.17) is 4.42 Å². The van der Waals surface area contributed by atoms with E-state index in [2.05, 4.69) is 5.32 Å². The molecule has 1 aromatic heterocycles. The summed E-state index contributed by atoms with van der Waals surface area (Å²) in [6.07, 6.45) is 2.33. The Labute approximate surface area is 204 Å². The topological polar surface area (TPSA) is 62.6 Å². The van der Waals surface area contributed by atoms with Crippen molar-refractivity contribution in [2.24, 2.45) is 0 Å². The van der Waals surface area contributed by atoms with Crippen molar-refractivity contribution < 1.29 is 18.4 Å². The Kier molecular flexibility index (Phi) is 8.07. The van der Waals surface area contributed by atoms with Gasteiger partial charge in [-0.15, -0.1) is 0 Å². The van der Waals surface area contributed by atoms with Gasteiger partial charge in [-0.3, -0.25) is 9.59 Å². The number of benzene rings is 3. The maximum absolute atomic E-state index is 13.6. The highest BCUT2D eigenvalue weighted by Crippen LogP contribution is 2.25. The molecular formula is C29H27FN2O3. The summed E-state index contributed by atoms with van der Waals surface area (Å²) >= 11 is 0. The molecule has 0 saturated heterocycles. The summed E-state index contributed by atoms with van der Waals surface area (Å²) in [5.41, 5.74) is 2.47. The average molecular weight is 471 g/mol. The fraction of sp³-hybridized carbons (Fsp3) is 0.172. The van der Waals surface area contributed by atoms with Crippen LogP contribution in [0.4, 0.5) is 4.39 Å². The van der Waals surface area contributed by atoms with E-state index in [1.807, 2.05) is 60.7 Å². The van der Waals surface area contributed by atoms with Crippen LogP contribution in [0, 0.1) is 5.82 Å². The molecule has 0 aliphatic heterocycles. The van der Waals surface area contributed by atoms with Crippen LogP contribution in [0.2, 0.25) is 0 Å². The normalized spacial score (nSPS) is 11.6. The lowest BCUT2D eigenvalue weighted by molar-refractivity contribution is -0.141. The van der Waals surface area contributed by atoms with E-state index in [0.29, 0.717) is 17.7 Å². The number of halogens is 1. The van der Waals surface area contributed by atoms with Gasteiger partial charge in [0.1, 0.15) is 17.6 Å². The summed E-state index contributed by atoms with van der Waals surface area (Å²) < 4.78 is 18.9. The van der Waals surface area contributed by atoms with Gasteiger partial charge in [0.25, 0.3) is 0 Å². The van der Waals surface area contributed by atoms with Gasteiger partial charge in [-0.05, 0) is 47.4 Å². The lowest BCUT2D eigenvalue weighted by Crippen LogP contribution is -2.43. The van der Waals surface area contributed by atoms with Gasteiger partial charge >= 0.3 is 0 Å². The Balaban J connectivity index is 1.62. The van der Waals surface area contributed by atoms with Crippen LogP contribution in [0.3, 0.4) is 0 Å². The number of nitrogens with zero attached hydrogens (tertiary/aromatic N) is 1. The van der Waals surface area contributed by atoms with Crippen LogP contribution in [0.25, 0.3) is 0 Å². The molecule has 0 unspecified atom stereocenters. The minimum Gasteiger partial charge on any atom is -0.467 e. The summed E-state index contributed by atoms with van der Waals surface area (Å²) in [6, 6.07) is 27.6. The molecule has 178 valence electrons. The zero-order valence-corrected chi connectivity index (χ0v) is 19.3. The first-order valence-electron chi connectivity index (χ1n) is 11.5. The Bertz CT molecular complexity index is 1210. The fourth-order valence-electron chi connectivity index (χ4n) is 3.94. The van der Waals surface area contributed by atoms with E-state index in [0.717, 1.165) is 11.1 Å². The predicted molar refractivity (Wildman–Crippen MR) is 131 cm³/mol. The van der Waals surface area contributed by atoms with Gasteiger partial charge in [-0.25, -0.2) is 4.39 Å². The Morgan fingerprint density at radius 2 is 1.51 bits per heavy atom. The Hall–Kier alpha value is -4.19. The lowest BCUT2D eigenvalue weighted by Gasteiger charge is -2.31. The highest BCUT2D eigenvalue weighted by molar-refractivity contribution is 5.88. The standard InChI is InChI=1S/C29H27FN2O3/c30-25-16-13-23(14-17-25)21-32(27(33)18-15-22-8-3-1-4-9-22)28(24-10-5-2-6-11-24)29(34)31-20-26-12-7-19-35-26/h1-14,16-17,19,28H,15,18,20-21H2,(H,31,34)/t28-/m0/s1. The van der Waals surface area contributed by atoms with Gasteiger partial charge in [0, 0.05) is 13.0 Å². The average Bonchev–Trinajstić information content (AvgIpc) is 3.42. The molecule has 6 heteroatoms. The summed E-state index contributed by atoms with van der Waals surface area (Å²) in [7, 11) is 0. The van der Waals surface area contributed by atoms with E-state index in [1.165, 1.54) is 12.1 Å². The first-order valence-corrected chi connectivity index (χ1v) is 11.5. The smallest absolute Gasteiger partial charge is 0.247 e. The van der Waals surface area contributed by atoms with Gasteiger partial charge in [0.05, 0.1) is 12.8 Å². The number of nitrogens with one attached hydrogen (secondary N) is 1. The quantitative estimate of drug-likeness (QED) is 0.336. The van der Waals surface area contributed by atoms with Crippen LogP contribution in [-0.4, -0.2) is 16.7 Å². The van der Waals surface area contributed by atoms with Crippen LogP contribution in [0.15, 0.2) is 108 Å². The monoisotopic (exact) mass is 470 g/mol. The SMILES string of the molecule is O=C(NCc1ccco1)[C@H](c1ccccc1)N(Cc1ccc(F)cc1)C(=O)CCc1ccccc1. The second-order valence-electron chi connectivity index (χ2n) is 8.24. The maximum atomic E-state index is 13.6. The van der Waals surface area contributed by atoms with Gasteiger partial charge in [0.15, 0.2) is 0 Å². The third-order valence-corrected chi connectivity index (χ3v) is 5.75. The molecule has 2 amide bonds. The number of hydrogen-bond acceptors (Lipinski definition) is 3. The molecule has 0 spiro atoms. The Morgan fingerprint density at radius 1 is 0.829 bits per heavy atom. The van der Waals surface area contributed by atoms with E-state index in [1.54, 1.807) is 35.4 Å². The molecule has 0 saturated carbocycles. The van der Waals surface area contributed by atoms with E-state index < -0.39 is 6.04 Å². The first kappa shape index (κ1) is 24.0. The number of carbonyl (C=O) groups is 2. The number of rotatable bonds is 10. The number of carbonyl (C=O) groups excluding carboxylic acids is 2. The largest absolute Gasteiger partial charge is 0.467 e. The number of hydrogen-bond donors (Lipinski definition) is 1. The van der Waals surface area contributed by atoms with Gasteiger partial charge in [-0.2, -0.15) is 0 Å². The molecule has 1 heterocycles. The molecule has 3 aromatic carbocycles. The van der Waals surface area contributed by atoms with E-state index in [9.17, 15) is 14.0 Å². The number of amides is 2. The molecule has 0 radical (unpaired) electrons. The van der Waals surface area contributed by atoms with Gasteiger partial charge in [-0.1, -0.05) is 72.8 Å². The van der Waals surface area contributed by atoms with Crippen molar-refractivity contribution in [3.8, 4) is 0 Å². The first-order chi connectivity index (χ1) is 17.1. The molecule has 4 rings (SSSR count). The van der Waals surface area contributed by atoms with Crippen molar-refractivity contribution in [3.63, 3.8) is 0 Å².